The average molecular weight is 424 g/mol. The maximum atomic E-state index is 12.6. The number of aromatic nitrogens is 2. The number of fused-ring (bicyclic) bond motifs is 1. The summed E-state index contributed by atoms with van der Waals surface area (Å²) in [7, 11) is 1.78. The maximum Gasteiger partial charge on any atom is 0.289 e. The van der Waals surface area contributed by atoms with Gasteiger partial charge in [0.1, 0.15) is 6.33 Å². The fourth-order valence-corrected chi connectivity index (χ4v) is 3.39. The van der Waals surface area contributed by atoms with Crippen molar-refractivity contribution in [3.8, 4) is 5.69 Å². The molecule has 6 heteroatoms. The Morgan fingerprint density at radius 3 is 2.56 bits per heavy atom. The molecule has 1 amide bonds. The van der Waals surface area contributed by atoms with Gasteiger partial charge in [0.15, 0.2) is 10.4 Å². The van der Waals surface area contributed by atoms with Gasteiger partial charge in [0.25, 0.3) is 5.91 Å². The Morgan fingerprint density at radius 2 is 1.85 bits per heavy atom. The minimum Gasteiger partial charge on any atom is -0.444 e. The summed E-state index contributed by atoms with van der Waals surface area (Å²) in [4.78, 5) is 18.7. The van der Waals surface area contributed by atoms with E-state index >= 15 is 0 Å². The second-order valence-electron chi connectivity index (χ2n) is 6.39. The Balaban J connectivity index is 1.57. The standard InChI is InChI=1S/C21H18BrN3O2/c1-14(24(2)21(26)19-11-12-20(22)27-19)15-7-9-16(10-8-15)25-13-23-17-5-3-4-6-18(17)25/h3-14H,1-2H3. The highest BCUT2D eigenvalue weighted by atomic mass is 79.9. The minimum absolute atomic E-state index is 0.0880. The van der Waals surface area contributed by atoms with Crippen molar-refractivity contribution in [1.82, 2.24) is 14.5 Å². The summed E-state index contributed by atoms with van der Waals surface area (Å²) in [6, 6.07) is 19.5. The summed E-state index contributed by atoms with van der Waals surface area (Å²) in [6.07, 6.45) is 1.83. The number of hydrogen-bond donors (Lipinski definition) is 0. The van der Waals surface area contributed by atoms with Crippen LogP contribution in [0.4, 0.5) is 0 Å². The maximum absolute atomic E-state index is 12.6. The highest BCUT2D eigenvalue weighted by molar-refractivity contribution is 9.10. The molecule has 4 rings (SSSR count). The molecule has 0 bridgehead atoms. The number of rotatable bonds is 4. The normalized spacial score (nSPS) is 12.3. The van der Waals surface area contributed by atoms with Gasteiger partial charge in [0.2, 0.25) is 0 Å². The molecular weight excluding hydrogens is 406 g/mol. The lowest BCUT2D eigenvalue weighted by atomic mass is 10.1. The minimum atomic E-state index is -0.155. The van der Waals surface area contributed by atoms with Crippen LogP contribution in [0, 0.1) is 0 Å². The quantitative estimate of drug-likeness (QED) is 0.452. The number of benzene rings is 2. The van der Waals surface area contributed by atoms with Crippen LogP contribution in [0.5, 0.6) is 0 Å². The van der Waals surface area contributed by atoms with Crippen LogP contribution in [0.15, 0.2) is 76.1 Å². The molecule has 0 N–H and O–H groups in total. The molecule has 2 aromatic heterocycles. The summed E-state index contributed by atoms with van der Waals surface area (Å²) in [5.41, 5.74) is 4.10. The molecule has 0 aliphatic heterocycles. The van der Waals surface area contributed by atoms with Crippen LogP contribution in [-0.2, 0) is 0 Å². The van der Waals surface area contributed by atoms with Gasteiger partial charge in [-0.3, -0.25) is 9.36 Å². The van der Waals surface area contributed by atoms with Crippen LogP contribution < -0.4 is 0 Å². The zero-order valence-corrected chi connectivity index (χ0v) is 16.6. The predicted molar refractivity (Wildman–Crippen MR) is 108 cm³/mol. The van der Waals surface area contributed by atoms with E-state index in [0.29, 0.717) is 10.4 Å². The Bertz CT molecular complexity index is 1100. The third-order valence-corrected chi connectivity index (χ3v) is 5.22. The molecule has 0 radical (unpaired) electrons. The van der Waals surface area contributed by atoms with Crippen molar-refractivity contribution in [3.05, 3.63) is 83.0 Å². The number of halogens is 1. The van der Waals surface area contributed by atoms with Crippen molar-refractivity contribution < 1.29 is 9.21 Å². The zero-order valence-electron chi connectivity index (χ0n) is 15.0. The van der Waals surface area contributed by atoms with Crippen LogP contribution >= 0.6 is 15.9 Å². The van der Waals surface area contributed by atoms with Gasteiger partial charge in [-0.25, -0.2) is 4.98 Å². The highest BCUT2D eigenvalue weighted by Gasteiger charge is 2.21. The fourth-order valence-electron chi connectivity index (χ4n) is 3.08. The third kappa shape index (κ3) is 3.28. The molecule has 0 saturated heterocycles. The first-order chi connectivity index (χ1) is 13.0. The third-order valence-electron chi connectivity index (χ3n) is 4.79. The van der Waals surface area contributed by atoms with E-state index in [2.05, 4.69) is 25.5 Å². The first kappa shape index (κ1) is 17.5. The van der Waals surface area contributed by atoms with Crippen LogP contribution in [0.2, 0.25) is 0 Å². The van der Waals surface area contributed by atoms with Crippen molar-refractivity contribution in [2.75, 3.05) is 7.05 Å². The van der Waals surface area contributed by atoms with E-state index in [1.807, 2.05) is 61.8 Å². The number of nitrogens with zero attached hydrogens (tertiary/aromatic N) is 3. The van der Waals surface area contributed by atoms with Crippen LogP contribution in [0.1, 0.15) is 29.1 Å². The van der Waals surface area contributed by atoms with Gasteiger partial charge in [0.05, 0.1) is 17.1 Å². The number of carbonyl (C=O) groups is 1. The SMILES string of the molecule is CC(c1ccc(-n2cnc3ccccc32)cc1)N(C)C(=O)c1ccc(Br)o1. The molecule has 0 fully saturated rings. The number of para-hydroxylation sites is 2. The Labute approximate surface area is 165 Å². The van der Waals surface area contributed by atoms with E-state index in [0.717, 1.165) is 22.3 Å². The first-order valence-corrected chi connectivity index (χ1v) is 9.39. The number of imidazole rings is 1. The van der Waals surface area contributed by atoms with Gasteiger partial charge in [0, 0.05) is 12.7 Å². The van der Waals surface area contributed by atoms with E-state index in [-0.39, 0.29) is 11.9 Å². The van der Waals surface area contributed by atoms with E-state index in [4.69, 9.17) is 4.42 Å². The molecule has 136 valence electrons. The van der Waals surface area contributed by atoms with Crippen molar-refractivity contribution in [3.63, 3.8) is 0 Å². The van der Waals surface area contributed by atoms with E-state index < -0.39 is 0 Å². The van der Waals surface area contributed by atoms with Gasteiger partial charge in [-0.15, -0.1) is 0 Å². The van der Waals surface area contributed by atoms with Gasteiger partial charge in [-0.05, 0) is 64.8 Å². The van der Waals surface area contributed by atoms with Crippen molar-refractivity contribution >= 4 is 32.9 Å². The van der Waals surface area contributed by atoms with Gasteiger partial charge in [-0.1, -0.05) is 24.3 Å². The van der Waals surface area contributed by atoms with E-state index in [1.165, 1.54) is 0 Å². The van der Waals surface area contributed by atoms with Gasteiger partial charge < -0.3 is 9.32 Å². The largest absolute Gasteiger partial charge is 0.444 e. The zero-order chi connectivity index (χ0) is 19.0. The van der Waals surface area contributed by atoms with E-state index in [1.54, 1.807) is 24.1 Å². The highest BCUT2D eigenvalue weighted by Crippen LogP contribution is 2.25. The molecule has 27 heavy (non-hydrogen) atoms. The fraction of sp³-hybridized carbons (Fsp3) is 0.143. The predicted octanol–water partition coefficient (Wildman–Crippen LogP) is 5.21. The number of hydrogen-bond acceptors (Lipinski definition) is 3. The number of amides is 1. The summed E-state index contributed by atoms with van der Waals surface area (Å²) in [5, 5.41) is 0. The van der Waals surface area contributed by atoms with Gasteiger partial charge in [-0.2, -0.15) is 0 Å². The molecule has 0 saturated carbocycles. The van der Waals surface area contributed by atoms with Crippen molar-refractivity contribution in [1.29, 1.82) is 0 Å². The molecule has 0 aliphatic carbocycles. The Morgan fingerprint density at radius 1 is 1.11 bits per heavy atom. The summed E-state index contributed by atoms with van der Waals surface area (Å²) in [6.45, 7) is 2.00. The number of carbonyl (C=O) groups excluding carboxylic acids is 1. The molecule has 0 aliphatic rings. The molecular formula is C21H18BrN3O2. The Kier molecular flexibility index (Phi) is 4.58. The lowest BCUT2D eigenvalue weighted by Gasteiger charge is -2.24. The van der Waals surface area contributed by atoms with Gasteiger partial charge >= 0.3 is 0 Å². The second kappa shape index (κ2) is 7.04. The van der Waals surface area contributed by atoms with Crippen LogP contribution in [0.25, 0.3) is 16.7 Å². The van der Waals surface area contributed by atoms with Crippen LogP contribution in [-0.4, -0.2) is 27.4 Å². The molecule has 5 nitrogen and oxygen atoms in total. The number of furan rings is 1. The van der Waals surface area contributed by atoms with Crippen molar-refractivity contribution in [2.45, 2.75) is 13.0 Å². The van der Waals surface area contributed by atoms with Crippen molar-refractivity contribution in [2.24, 2.45) is 0 Å². The second-order valence-corrected chi connectivity index (χ2v) is 7.17. The molecule has 1 atom stereocenters. The monoisotopic (exact) mass is 423 g/mol. The molecule has 0 spiro atoms. The average Bonchev–Trinajstić information content (AvgIpc) is 3.33. The van der Waals surface area contributed by atoms with E-state index in [9.17, 15) is 4.79 Å². The van der Waals surface area contributed by atoms with Crippen LogP contribution in [0.3, 0.4) is 0 Å². The summed E-state index contributed by atoms with van der Waals surface area (Å²) < 4.78 is 7.98. The smallest absolute Gasteiger partial charge is 0.289 e. The topological polar surface area (TPSA) is 51.3 Å². The molecule has 2 heterocycles. The lowest BCUT2D eigenvalue weighted by Crippen LogP contribution is -2.29. The summed E-state index contributed by atoms with van der Waals surface area (Å²) >= 11 is 3.23. The Hall–Kier alpha value is -2.86. The molecule has 4 aromatic rings. The first-order valence-electron chi connectivity index (χ1n) is 8.59. The molecule has 1 unspecified atom stereocenters. The molecule has 2 aromatic carbocycles. The lowest BCUT2D eigenvalue weighted by molar-refractivity contribution is 0.0709. The summed E-state index contributed by atoms with van der Waals surface area (Å²) in [5.74, 6) is 0.163.